The maximum Gasteiger partial charge on any atom is 0.204 e. The van der Waals surface area contributed by atoms with Crippen LogP contribution in [0.15, 0.2) is 54.6 Å². The van der Waals surface area contributed by atoms with Crippen LogP contribution < -0.4 is 5.32 Å². The number of aromatic amines is 1. The molecule has 26 heavy (non-hydrogen) atoms. The highest BCUT2D eigenvalue weighted by Gasteiger charge is 2.21. The first-order valence-electron chi connectivity index (χ1n) is 9.05. The summed E-state index contributed by atoms with van der Waals surface area (Å²) in [5.74, 6) is 0.631. The Kier molecular flexibility index (Phi) is 6.36. The zero-order chi connectivity index (χ0) is 16.9. The lowest BCUT2D eigenvalue weighted by Crippen LogP contribution is -2.35. The molecule has 1 aromatic heterocycles. The summed E-state index contributed by atoms with van der Waals surface area (Å²) in [7, 11) is 0. The van der Waals surface area contributed by atoms with Crippen LogP contribution in [0.1, 0.15) is 49.3 Å². The van der Waals surface area contributed by atoms with E-state index in [9.17, 15) is 0 Å². The minimum atomic E-state index is 0. The molecule has 1 fully saturated rings. The largest absolute Gasteiger partial charge is 0.303 e. The molecule has 0 bridgehead atoms. The fourth-order valence-corrected chi connectivity index (χ4v) is 3.68. The zero-order valence-electron chi connectivity index (χ0n) is 14.6. The first-order chi connectivity index (χ1) is 12.4. The van der Waals surface area contributed by atoms with E-state index in [1.54, 1.807) is 0 Å². The molecule has 0 radical (unpaired) electrons. The number of tetrazole rings is 1. The van der Waals surface area contributed by atoms with Crippen molar-refractivity contribution in [2.75, 3.05) is 0 Å². The van der Waals surface area contributed by atoms with Crippen LogP contribution in [-0.2, 0) is 0 Å². The number of benzene rings is 2. The van der Waals surface area contributed by atoms with Crippen molar-refractivity contribution < 1.29 is 0 Å². The Hall–Kier alpha value is -2.24. The molecule has 5 nitrogen and oxygen atoms in total. The molecule has 2 aromatic carbocycles. The van der Waals surface area contributed by atoms with Crippen molar-refractivity contribution in [3.05, 3.63) is 65.7 Å². The number of nitrogens with one attached hydrogen (secondary N) is 2. The summed E-state index contributed by atoms with van der Waals surface area (Å²) in [5.41, 5.74) is 3.51. The Balaban J connectivity index is 0.00000196. The Labute approximate surface area is 160 Å². The molecule has 4 rings (SSSR count). The van der Waals surface area contributed by atoms with E-state index in [0.29, 0.717) is 11.9 Å². The minimum Gasteiger partial charge on any atom is -0.303 e. The van der Waals surface area contributed by atoms with Crippen LogP contribution in [0.2, 0.25) is 0 Å². The van der Waals surface area contributed by atoms with E-state index in [2.05, 4.69) is 74.5 Å². The second-order valence-electron chi connectivity index (χ2n) is 6.71. The third kappa shape index (κ3) is 4.29. The van der Waals surface area contributed by atoms with Crippen LogP contribution in [0.25, 0.3) is 11.4 Å². The zero-order valence-corrected chi connectivity index (χ0v) is 15.5. The Bertz CT molecular complexity index is 785. The molecule has 3 aromatic rings. The highest BCUT2D eigenvalue weighted by atomic mass is 35.5. The summed E-state index contributed by atoms with van der Waals surface area (Å²) >= 11 is 0. The van der Waals surface area contributed by atoms with Gasteiger partial charge in [0.15, 0.2) is 0 Å². The monoisotopic (exact) mass is 369 g/mol. The first kappa shape index (κ1) is 18.5. The van der Waals surface area contributed by atoms with Gasteiger partial charge in [-0.2, -0.15) is 5.21 Å². The summed E-state index contributed by atoms with van der Waals surface area (Å²) in [6.45, 7) is 0. The molecule has 1 aliphatic rings. The molecule has 136 valence electrons. The summed E-state index contributed by atoms with van der Waals surface area (Å²) in [5, 5.41) is 18.3. The molecular formula is C20H24ClN5. The molecule has 0 amide bonds. The molecule has 6 heteroatoms. The standard InChI is InChI=1S/C20H23N5.ClH/c1-3-8-15(9-4-1)19(21-18-12-5-2-6-13-18)16-10-7-11-17(14-16)20-22-24-25-23-20;/h1,3-4,7-11,14,18-19,21H,2,5-6,12-13H2,(H,22,23,24,25);1H. The number of nitrogens with zero attached hydrogens (tertiary/aromatic N) is 3. The van der Waals surface area contributed by atoms with Gasteiger partial charge in [-0.05, 0) is 35.2 Å². The molecule has 1 unspecified atom stereocenters. The molecule has 2 N–H and O–H groups in total. The predicted molar refractivity (Wildman–Crippen MR) is 105 cm³/mol. The quantitative estimate of drug-likeness (QED) is 0.703. The van der Waals surface area contributed by atoms with Gasteiger partial charge in [-0.3, -0.25) is 0 Å². The van der Waals surface area contributed by atoms with Crippen LogP contribution in [0.3, 0.4) is 0 Å². The van der Waals surface area contributed by atoms with Gasteiger partial charge >= 0.3 is 0 Å². The van der Waals surface area contributed by atoms with Crippen LogP contribution in [0.5, 0.6) is 0 Å². The second-order valence-corrected chi connectivity index (χ2v) is 6.71. The summed E-state index contributed by atoms with van der Waals surface area (Å²) in [6.07, 6.45) is 6.52. The van der Waals surface area contributed by atoms with Crippen molar-refractivity contribution >= 4 is 12.4 Å². The van der Waals surface area contributed by atoms with Crippen LogP contribution in [0, 0.1) is 0 Å². The molecule has 1 heterocycles. The van der Waals surface area contributed by atoms with Crippen molar-refractivity contribution in [1.82, 2.24) is 25.9 Å². The van der Waals surface area contributed by atoms with Crippen molar-refractivity contribution in [2.24, 2.45) is 0 Å². The van der Waals surface area contributed by atoms with E-state index in [-0.39, 0.29) is 18.4 Å². The van der Waals surface area contributed by atoms with Crippen molar-refractivity contribution in [3.8, 4) is 11.4 Å². The Morgan fingerprint density at radius 1 is 0.923 bits per heavy atom. The molecule has 0 spiro atoms. The van der Waals surface area contributed by atoms with Crippen molar-refractivity contribution in [2.45, 2.75) is 44.2 Å². The van der Waals surface area contributed by atoms with Gasteiger partial charge < -0.3 is 5.32 Å². The number of aromatic nitrogens is 4. The number of hydrogen-bond acceptors (Lipinski definition) is 4. The fourth-order valence-electron chi connectivity index (χ4n) is 3.68. The van der Waals surface area contributed by atoms with Gasteiger partial charge in [-0.15, -0.1) is 22.6 Å². The van der Waals surface area contributed by atoms with Crippen LogP contribution in [-0.4, -0.2) is 26.7 Å². The lowest BCUT2D eigenvalue weighted by Gasteiger charge is -2.29. The van der Waals surface area contributed by atoms with Crippen LogP contribution >= 0.6 is 12.4 Å². The van der Waals surface area contributed by atoms with Crippen molar-refractivity contribution in [3.63, 3.8) is 0 Å². The fraction of sp³-hybridized carbons (Fsp3) is 0.350. The lowest BCUT2D eigenvalue weighted by atomic mass is 9.91. The third-order valence-electron chi connectivity index (χ3n) is 4.96. The number of hydrogen-bond donors (Lipinski definition) is 2. The van der Waals surface area contributed by atoms with Gasteiger partial charge in [-0.25, -0.2) is 0 Å². The molecule has 1 saturated carbocycles. The van der Waals surface area contributed by atoms with Gasteiger partial charge in [0.25, 0.3) is 0 Å². The van der Waals surface area contributed by atoms with E-state index >= 15 is 0 Å². The number of rotatable bonds is 5. The lowest BCUT2D eigenvalue weighted by molar-refractivity contribution is 0.354. The molecule has 1 aliphatic carbocycles. The average molecular weight is 370 g/mol. The predicted octanol–water partition coefficient (Wildman–Crippen LogP) is 4.30. The molecule has 0 aliphatic heterocycles. The second kappa shape index (κ2) is 8.92. The van der Waals surface area contributed by atoms with E-state index in [4.69, 9.17) is 0 Å². The maximum absolute atomic E-state index is 4.11. The minimum absolute atomic E-state index is 0. The highest BCUT2D eigenvalue weighted by molar-refractivity contribution is 5.85. The van der Waals surface area contributed by atoms with Gasteiger partial charge in [-0.1, -0.05) is 67.8 Å². The third-order valence-corrected chi connectivity index (χ3v) is 4.96. The first-order valence-corrected chi connectivity index (χ1v) is 9.05. The summed E-state index contributed by atoms with van der Waals surface area (Å²) in [6, 6.07) is 19.9. The normalized spacial score (nSPS) is 16.0. The number of H-pyrrole nitrogens is 1. The van der Waals surface area contributed by atoms with E-state index in [1.807, 2.05) is 6.07 Å². The number of halogens is 1. The Morgan fingerprint density at radius 2 is 1.69 bits per heavy atom. The van der Waals surface area contributed by atoms with E-state index < -0.39 is 0 Å². The van der Waals surface area contributed by atoms with Gasteiger partial charge in [0.1, 0.15) is 0 Å². The summed E-state index contributed by atoms with van der Waals surface area (Å²) < 4.78 is 0. The van der Waals surface area contributed by atoms with Gasteiger partial charge in [0.05, 0.1) is 6.04 Å². The molecular weight excluding hydrogens is 346 g/mol. The maximum atomic E-state index is 4.11. The van der Waals surface area contributed by atoms with E-state index in [0.717, 1.165) is 5.56 Å². The van der Waals surface area contributed by atoms with Gasteiger partial charge in [0, 0.05) is 11.6 Å². The topological polar surface area (TPSA) is 66.5 Å². The average Bonchev–Trinajstić information content (AvgIpc) is 3.23. The van der Waals surface area contributed by atoms with Gasteiger partial charge in [0.2, 0.25) is 5.82 Å². The Morgan fingerprint density at radius 3 is 2.42 bits per heavy atom. The van der Waals surface area contributed by atoms with Crippen molar-refractivity contribution in [1.29, 1.82) is 0 Å². The summed E-state index contributed by atoms with van der Waals surface area (Å²) in [4.78, 5) is 0. The van der Waals surface area contributed by atoms with E-state index in [1.165, 1.54) is 43.2 Å². The smallest absolute Gasteiger partial charge is 0.204 e. The highest BCUT2D eigenvalue weighted by Crippen LogP contribution is 2.28. The van der Waals surface area contributed by atoms with Crippen LogP contribution in [0.4, 0.5) is 0 Å². The molecule has 0 saturated heterocycles. The molecule has 1 atom stereocenters. The SMILES string of the molecule is Cl.c1ccc(C(NC2CCCCC2)c2cccc(-c3nn[nH]n3)c2)cc1.